The second-order valence-corrected chi connectivity index (χ2v) is 9.03. The Hall–Kier alpha value is -2.03. The number of thiophene rings is 1. The van der Waals surface area contributed by atoms with E-state index >= 15 is 0 Å². The third-order valence-corrected chi connectivity index (χ3v) is 7.56. The maximum Gasteiger partial charge on any atom is 0.266 e. The normalized spacial score (nSPS) is 18.7. The van der Waals surface area contributed by atoms with Crippen molar-refractivity contribution in [1.29, 1.82) is 0 Å². The molecule has 2 aliphatic heterocycles. The van der Waals surface area contributed by atoms with E-state index in [-0.39, 0.29) is 23.1 Å². The van der Waals surface area contributed by atoms with Crippen molar-refractivity contribution < 1.29 is 14.4 Å². The third kappa shape index (κ3) is 3.22. The van der Waals surface area contributed by atoms with Gasteiger partial charge in [-0.1, -0.05) is 29.8 Å². The Morgan fingerprint density at radius 2 is 2.15 bits per heavy atom. The molecule has 3 heterocycles. The van der Waals surface area contributed by atoms with Gasteiger partial charge in [-0.3, -0.25) is 14.4 Å². The van der Waals surface area contributed by atoms with Gasteiger partial charge in [-0.05, 0) is 24.5 Å². The van der Waals surface area contributed by atoms with Gasteiger partial charge in [0, 0.05) is 17.3 Å². The van der Waals surface area contributed by atoms with E-state index in [0.29, 0.717) is 32.8 Å². The first kappa shape index (κ1) is 18.3. The number of primary amides is 1. The summed E-state index contributed by atoms with van der Waals surface area (Å²) in [5.74, 6) is -0.622. The van der Waals surface area contributed by atoms with Crippen molar-refractivity contribution in [1.82, 2.24) is 4.90 Å². The van der Waals surface area contributed by atoms with Gasteiger partial charge in [0.05, 0.1) is 15.5 Å². The second kappa shape index (κ2) is 7.18. The Balaban J connectivity index is 1.71. The van der Waals surface area contributed by atoms with Gasteiger partial charge in [0.1, 0.15) is 10.9 Å². The van der Waals surface area contributed by atoms with Gasteiger partial charge >= 0.3 is 0 Å². The Bertz CT molecular complexity index is 959. The average Bonchev–Trinajstić information content (AvgIpc) is 3.23. The third-order valence-electron chi connectivity index (χ3n) is 4.70. The SMILES string of the molecule is NC(=O)c1c(SCc2ccccc2Cl)sc2c1NC(=O)C1CCCN1C2=O. The standard InChI is InChI=1S/C18H16ClN3O3S2/c19-10-5-2-1-4-9(10)8-26-18-12(15(20)23)13-14(27-18)17(25)22-7-3-6-11(22)16(24)21-13/h1-2,4-5,11H,3,6-8H2,(H2,20,23)(H,21,24). The van der Waals surface area contributed by atoms with E-state index < -0.39 is 11.9 Å². The number of fused-ring (bicyclic) bond motifs is 2. The number of anilines is 1. The fourth-order valence-electron chi connectivity index (χ4n) is 3.38. The fraction of sp³-hybridized carbons (Fsp3) is 0.278. The molecule has 0 radical (unpaired) electrons. The van der Waals surface area contributed by atoms with Crippen molar-refractivity contribution in [3.8, 4) is 0 Å². The van der Waals surface area contributed by atoms with Gasteiger partial charge in [0.25, 0.3) is 11.8 Å². The lowest BCUT2D eigenvalue weighted by atomic mass is 10.2. The van der Waals surface area contributed by atoms with Gasteiger partial charge < -0.3 is 16.0 Å². The summed E-state index contributed by atoms with van der Waals surface area (Å²) in [6, 6.07) is 6.96. The van der Waals surface area contributed by atoms with Crippen LogP contribution in [0.5, 0.6) is 0 Å². The van der Waals surface area contributed by atoms with Crippen molar-refractivity contribution in [3.63, 3.8) is 0 Å². The van der Waals surface area contributed by atoms with Gasteiger partial charge in [-0.25, -0.2) is 0 Å². The summed E-state index contributed by atoms with van der Waals surface area (Å²) in [6.07, 6.45) is 1.42. The smallest absolute Gasteiger partial charge is 0.266 e. The van der Waals surface area contributed by atoms with Crippen molar-refractivity contribution in [2.24, 2.45) is 5.73 Å². The molecule has 1 atom stereocenters. The summed E-state index contributed by atoms with van der Waals surface area (Å²) in [4.78, 5) is 39.5. The van der Waals surface area contributed by atoms with E-state index in [1.165, 1.54) is 23.1 Å². The lowest BCUT2D eigenvalue weighted by Crippen LogP contribution is -2.40. The predicted octanol–water partition coefficient (Wildman–Crippen LogP) is 3.35. The molecular formula is C18H16ClN3O3S2. The van der Waals surface area contributed by atoms with E-state index in [4.69, 9.17) is 17.3 Å². The van der Waals surface area contributed by atoms with Gasteiger partial charge in [0.15, 0.2) is 0 Å². The number of amides is 3. The summed E-state index contributed by atoms with van der Waals surface area (Å²) < 4.78 is 0.610. The second-order valence-electron chi connectivity index (χ2n) is 6.36. The van der Waals surface area contributed by atoms with Crippen LogP contribution in [0.3, 0.4) is 0 Å². The lowest BCUT2D eigenvalue weighted by molar-refractivity contribution is -0.119. The van der Waals surface area contributed by atoms with Crippen LogP contribution in [0.25, 0.3) is 0 Å². The number of nitrogens with one attached hydrogen (secondary N) is 1. The average molecular weight is 422 g/mol. The van der Waals surface area contributed by atoms with Crippen molar-refractivity contribution >= 4 is 58.1 Å². The molecule has 2 aromatic rings. The quantitative estimate of drug-likeness (QED) is 0.740. The number of nitrogens with two attached hydrogens (primary N) is 1. The minimum Gasteiger partial charge on any atom is -0.365 e. The number of carbonyl (C=O) groups is 3. The van der Waals surface area contributed by atoms with Crippen LogP contribution in [0.4, 0.5) is 5.69 Å². The van der Waals surface area contributed by atoms with Crippen LogP contribution in [0.15, 0.2) is 28.5 Å². The molecule has 6 nitrogen and oxygen atoms in total. The van der Waals surface area contributed by atoms with E-state index in [1.807, 2.05) is 18.2 Å². The molecule has 0 aliphatic carbocycles. The van der Waals surface area contributed by atoms with E-state index in [2.05, 4.69) is 5.32 Å². The van der Waals surface area contributed by atoms with Gasteiger partial charge in [0.2, 0.25) is 5.91 Å². The predicted molar refractivity (Wildman–Crippen MR) is 107 cm³/mol. The van der Waals surface area contributed by atoms with Crippen molar-refractivity contribution in [2.45, 2.75) is 28.8 Å². The Morgan fingerprint density at radius 1 is 1.37 bits per heavy atom. The highest BCUT2D eigenvalue weighted by molar-refractivity contribution is 8.00. The number of thioether (sulfide) groups is 1. The summed E-state index contributed by atoms with van der Waals surface area (Å²) in [6.45, 7) is 0.544. The monoisotopic (exact) mass is 421 g/mol. The zero-order chi connectivity index (χ0) is 19.1. The van der Waals surface area contributed by atoms with Crippen LogP contribution in [0.2, 0.25) is 5.02 Å². The number of carbonyl (C=O) groups excluding carboxylic acids is 3. The van der Waals surface area contributed by atoms with Crippen LogP contribution in [-0.4, -0.2) is 35.2 Å². The number of halogens is 1. The molecule has 3 amide bonds. The molecule has 0 saturated carbocycles. The lowest BCUT2D eigenvalue weighted by Gasteiger charge is -2.19. The first-order valence-electron chi connectivity index (χ1n) is 8.42. The summed E-state index contributed by atoms with van der Waals surface area (Å²) in [7, 11) is 0. The molecule has 9 heteroatoms. The number of hydrogen-bond acceptors (Lipinski definition) is 5. The number of hydrogen-bond donors (Lipinski definition) is 2. The van der Waals surface area contributed by atoms with Gasteiger partial charge in [-0.15, -0.1) is 23.1 Å². The Morgan fingerprint density at radius 3 is 2.89 bits per heavy atom. The Labute approximate surface area is 169 Å². The first-order chi connectivity index (χ1) is 13.0. The van der Waals surface area contributed by atoms with Crippen LogP contribution in [0.1, 0.15) is 38.4 Å². The zero-order valence-corrected chi connectivity index (χ0v) is 16.5. The molecule has 4 rings (SSSR count). The number of nitrogens with zero attached hydrogens (tertiary/aromatic N) is 1. The van der Waals surface area contributed by atoms with E-state index in [9.17, 15) is 14.4 Å². The summed E-state index contributed by atoms with van der Waals surface area (Å²) in [5.41, 5.74) is 6.96. The zero-order valence-electron chi connectivity index (χ0n) is 14.2. The first-order valence-corrected chi connectivity index (χ1v) is 10.6. The highest BCUT2D eigenvalue weighted by atomic mass is 35.5. The van der Waals surface area contributed by atoms with Crippen LogP contribution in [0, 0.1) is 0 Å². The molecular weight excluding hydrogens is 406 g/mol. The van der Waals surface area contributed by atoms with E-state index in [0.717, 1.165) is 12.0 Å². The van der Waals surface area contributed by atoms with Crippen molar-refractivity contribution in [2.75, 3.05) is 11.9 Å². The van der Waals surface area contributed by atoms with Crippen molar-refractivity contribution in [3.05, 3.63) is 45.3 Å². The fourth-order valence-corrected chi connectivity index (χ4v) is 6.16. The van der Waals surface area contributed by atoms with E-state index in [1.54, 1.807) is 11.0 Å². The molecule has 0 bridgehead atoms. The summed E-state index contributed by atoms with van der Waals surface area (Å²) >= 11 is 8.78. The molecule has 1 unspecified atom stereocenters. The molecule has 140 valence electrons. The molecule has 3 N–H and O–H groups in total. The molecule has 1 fully saturated rings. The molecule has 1 saturated heterocycles. The molecule has 1 aromatic carbocycles. The van der Waals surface area contributed by atoms with Crippen LogP contribution in [-0.2, 0) is 10.5 Å². The maximum atomic E-state index is 12.9. The minimum absolute atomic E-state index is 0.204. The topological polar surface area (TPSA) is 92.5 Å². The molecule has 1 aromatic heterocycles. The van der Waals surface area contributed by atoms with Crippen LogP contribution >= 0.6 is 34.7 Å². The Kier molecular flexibility index (Phi) is 4.88. The molecule has 2 aliphatic rings. The number of rotatable bonds is 4. The number of benzene rings is 1. The highest BCUT2D eigenvalue weighted by Crippen LogP contribution is 2.44. The molecule has 27 heavy (non-hydrogen) atoms. The minimum atomic E-state index is -0.663. The van der Waals surface area contributed by atoms with Crippen LogP contribution < -0.4 is 11.1 Å². The largest absolute Gasteiger partial charge is 0.365 e. The van der Waals surface area contributed by atoms with Gasteiger partial charge in [-0.2, -0.15) is 0 Å². The maximum absolute atomic E-state index is 12.9. The summed E-state index contributed by atoms with van der Waals surface area (Å²) in [5, 5.41) is 3.41. The molecule has 0 spiro atoms. The highest BCUT2D eigenvalue weighted by Gasteiger charge is 2.41.